The van der Waals surface area contributed by atoms with Crippen LogP contribution in [0, 0.1) is 23.3 Å². The van der Waals surface area contributed by atoms with Gasteiger partial charge in [0.15, 0.2) is 17.4 Å². The summed E-state index contributed by atoms with van der Waals surface area (Å²) in [6.07, 6.45) is 1.20. The fraction of sp³-hybridized carbons (Fsp3) is 0.538. The van der Waals surface area contributed by atoms with Crippen LogP contribution in [0.2, 0.25) is 0 Å². The molecule has 1 N–H and O–H groups in total. The average Bonchev–Trinajstić information content (AvgIpc) is 2.43. The second-order valence-electron chi connectivity index (χ2n) is 4.10. The Bertz CT molecular complexity index is 403. The maximum absolute atomic E-state index is 13.2. The smallest absolute Gasteiger partial charge is 0.203 e. The zero-order valence-electron chi connectivity index (χ0n) is 11.1. The van der Waals surface area contributed by atoms with Gasteiger partial charge in [0.1, 0.15) is 0 Å². The summed E-state index contributed by atoms with van der Waals surface area (Å²) in [6, 6.07) is 0.150. The van der Waals surface area contributed by atoms with Crippen LogP contribution in [0.1, 0.15) is 12.8 Å². The van der Waals surface area contributed by atoms with Gasteiger partial charge in [-0.25, -0.2) is 8.78 Å². The zero-order valence-corrected chi connectivity index (χ0v) is 11.1. The van der Waals surface area contributed by atoms with E-state index in [1.54, 1.807) is 7.11 Å². The molecule has 0 aliphatic heterocycles. The molecule has 0 heterocycles. The van der Waals surface area contributed by atoms with Crippen LogP contribution in [-0.2, 0) is 4.74 Å². The van der Waals surface area contributed by atoms with E-state index in [0.717, 1.165) is 0 Å². The number of hydrogen-bond donors (Lipinski definition) is 1. The van der Waals surface area contributed by atoms with E-state index < -0.39 is 29.0 Å². The number of rotatable bonds is 9. The highest BCUT2D eigenvalue weighted by atomic mass is 19.2. The summed E-state index contributed by atoms with van der Waals surface area (Å²) >= 11 is 0. The highest BCUT2D eigenvalue weighted by molar-refractivity contribution is 5.28. The van der Waals surface area contributed by atoms with Crippen LogP contribution >= 0.6 is 0 Å². The second kappa shape index (κ2) is 8.76. The lowest BCUT2D eigenvalue weighted by molar-refractivity contribution is 0.199. The first-order valence-corrected chi connectivity index (χ1v) is 6.23. The summed E-state index contributed by atoms with van der Waals surface area (Å²) in [5, 5.41) is 3.08. The standard InChI is InChI=1S/C13H17F4NO2/c1-19-7-5-18-4-2-3-6-20-13-11(16)9(14)8-10(15)12(13)17/h8,18H,2-7H2,1H3. The van der Waals surface area contributed by atoms with Gasteiger partial charge in [0.05, 0.1) is 13.2 Å². The number of halogens is 4. The maximum Gasteiger partial charge on any atom is 0.203 e. The van der Waals surface area contributed by atoms with Crippen molar-refractivity contribution < 1.29 is 27.0 Å². The molecule has 1 aromatic carbocycles. The minimum atomic E-state index is -1.51. The summed E-state index contributed by atoms with van der Waals surface area (Å²) in [4.78, 5) is 0. The van der Waals surface area contributed by atoms with Gasteiger partial charge in [0.2, 0.25) is 11.6 Å². The van der Waals surface area contributed by atoms with Crippen molar-refractivity contribution in [3.05, 3.63) is 29.3 Å². The van der Waals surface area contributed by atoms with E-state index in [1.807, 2.05) is 0 Å². The SMILES string of the molecule is COCCNCCCCOc1c(F)c(F)cc(F)c1F. The predicted molar refractivity (Wildman–Crippen MR) is 65.7 cm³/mol. The number of nitrogens with one attached hydrogen (secondary N) is 1. The van der Waals surface area contributed by atoms with Crippen LogP contribution < -0.4 is 10.1 Å². The molecule has 0 fully saturated rings. The Kier molecular flexibility index (Phi) is 7.32. The average molecular weight is 295 g/mol. The van der Waals surface area contributed by atoms with Crippen LogP contribution in [-0.4, -0.2) is 33.4 Å². The Morgan fingerprint density at radius 2 is 1.60 bits per heavy atom. The third-order valence-corrected chi connectivity index (χ3v) is 2.55. The molecule has 0 unspecified atom stereocenters. The molecule has 0 saturated carbocycles. The molecule has 0 aliphatic rings. The Labute approximate surface area is 114 Å². The highest BCUT2D eigenvalue weighted by Gasteiger charge is 2.20. The molecule has 0 atom stereocenters. The lowest BCUT2D eigenvalue weighted by Crippen LogP contribution is -2.20. The molecule has 1 rings (SSSR count). The van der Waals surface area contributed by atoms with Crippen LogP contribution in [0.25, 0.3) is 0 Å². The summed E-state index contributed by atoms with van der Waals surface area (Å²) in [5.74, 6) is -6.97. The van der Waals surface area contributed by atoms with E-state index in [0.29, 0.717) is 32.5 Å². The number of unbranched alkanes of at least 4 members (excludes halogenated alkanes) is 1. The largest absolute Gasteiger partial charge is 0.487 e. The number of ether oxygens (including phenoxy) is 2. The van der Waals surface area contributed by atoms with Gasteiger partial charge < -0.3 is 14.8 Å². The first-order chi connectivity index (χ1) is 9.57. The van der Waals surface area contributed by atoms with Crippen LogP contribution in [0.15, 0.2) is 6.07 Å². The number of methoxy groups -OCH3 is 1. The van der Waals surface area contributed by atoms with Crippen molar-refractivity contribution in [2.75, 3.05) is 33.4 Å². The Morgan fingerprint density at radius 3 is 2.20 bits per heavy atom. The van der Waals surface area contributed by atoms with Crippen molar-refractivity contribution in [1.82, 2.24) is 5.32 Å². The van der Waals surface area contributed by atoms with E-state index in [4.69, 9.17) is 9.47 Å². The molecule has 0 aromatic heterocycles. The Morgan fingerprint density at radius 1 is 0.950 bits per heavy atom. The minimum Gasteiger partial charge on any atom is -0.487 e. The highest BCUT2D eigenvalue weighted by Crippen LogP contribution is 2.26. The third kappa shape index (κ3) is 4.97. The summed E-state index contributed by atoms with van der Waals surface area (Å²) in [7, 11) is 1.59. The van der Waals surface area contributed by atoms with Gasteiger partial charge in [-0.15, -0.1) is 0 Å². The first kappa shape index (κ1) is 16.7. The molecular weight excluding hydrogens is 278 g/mol. The molecule has 3 nitrogen and oxygen atoms in total. The van der Waals surface area contributed by atoms with E-state index >= 15 is 0 Å². The summed E-state index contributed by atoms with van der Waals surface area (Å²) in [6.45, 7) is 1.96. The van der Waals surface area contributed by atoms with Crippen molar-refractivity contribution in [3.8, 4) is 5.75 Å². The molecule has 7 heteroatoms. The van der Waals surface area contributed by atoms with E-state index in [2.05, 4.69) is 5.32 Å². The normalized spacial score (nSPS) is 10.8. The van der Waals surface area contributed by atoms with Gasteiger partial charge >= 0.3 is 0 Å². The van der Waals surface area contributed by atoms with Crippen molar-refractivity contribution in [1.29, 1.82) is 0 Å². The summed E-state index contributed by atoms with van der Waals surface area (Å²) in [5.41, 5.74) is 0. The van der Waals surface area contributed by atoms with Gasteiger partial charge in [0, 0.05) is 19.7 Å². The maximum atomic E-state index is 13.2. The number of benzene rings is 1. The zero-order chi connectivity index (χ0) is 15.0. The molecule has 1 aromatic rings. The minimum absolute atomic E-state index is 0.0251. The Hall–Kier alpha value is -1.34. The lowest BCUT2D eigenvalue weighted by Gasteiger charge is -2.09. The van der Waals surface area contributed by atoms with Gasteiger partial charge in [0.25, 0.3) is 0 Å². The summed E-state index contributed by atoms with van der Waals surface area (Å²) < 4.78 is 61.8. The fourth-order valence-corrected chi connectivity index (χ4v) is 1.50. The molecule has 0 radical (unpaired) electrons. The van der Waals surface area contributed by atoms with E-state index in [9.17, 15) is 17.6 Å². The quantitative estimate of drug-likeness (QED) is 0.431. The van der Waals surface area contributed by atoms with E-state index in [-0.39, 0.29) is 12.7 Å². The monoisotopic (exact) mass is 295 g/mol. The topological polar surface area (TPSA) is 30.5 Å². The van der Waals surface area contributed by atoms with Gasteiger partial charge in [-0.05, 0) is 19.4 Å². The fourth-order valence-electron chi connectivity index (χ4n) is 1.50. The third-order valence-electron chi connectivity index (χ3n) is 2.55. The molecule has 0 bridgehead atoms. The first-order valence-electron chi connectivity index (χ1n) is 6.23. The van der Waals surface area contributed by atoms with Crippen molar-refractivity contribution in [3.63, 3.8) is 0 Å². The molecular formula is C13H17F4NO2. The van der Waals surface area contributed by atoms with Crippen LogP contribution in [0.3, 0.4) is 0 Å². The predicted octanol–water partition coefficient (Wildman–Crippen LogP) is 2.64. The van der Waals surface area contributed by atoms with Gasteiger partial charge in [-0.2, -0.15) is 8.78 Å². The second-order valence-corrected chi connectivity index (χ2v) is 4.10. The van der Waals surface area contributed by atoms with Crippen molar-refractivity contribution >= 4 is 0 Å². The Balaban J connectivity index is 2.32. The van der Waals surface area contributed by atoms with Crippen LogP contribution in [0.4, 0.5) is 17.6 Å². The molecule has 20 heavy (non-hydrogen) atoms. The molecule has 0 spiro atoms. The molecule has 0 aliphatic carbocycles. The van der Waals surface area contributed by atoms with Crippen LogP contribution in [0.5, 0.6) is 5.75 Å². The van der Waals surface area contributed by atoms with Gasteiger partial charge in [-0.3, -0.25) is 0 Å². The van der Waals surface area contributed by atoms with Crippen molar-refractivity contribution in [2.24, 2.45) is 0 Å². The van der Waals surface area contributed by atoms with Crippen molar-refractivity contribution in [2.45, 2.75) is 12.8 Å². The lowest BCUT2D eigenvalue weighted by atomic mass is 10.3. The molecule has 0 saturated heterocycles. The van der Waals surface area contributed by atoms with E-state index in [1.165, 1.54) is 0 Å². The van der Waals surface area contributed by atoms with Gasteiger partial charge in [-0.1, -0.05) is 0 Å². The molecule has 0 amide bonds. The number of hydrogen-bond acceptors (Lipinski definition) is 3. The molecule has 114 valence electrons.